The lowest BCUT2D eigenvalue weighted by molar-refractivity contribution is -0.130. The van der Waals surface area contributed by atoms with Gasteiger partial charge in [-0.15, -0.1) is 46.7 Å². The highest BCUT2D eigenvalue weighted by atomic mass is 127. The number of hydrogen-bond acceptors (Lipinski definition) is 5. The minimum Gasteiger partial charge on any atom is -0.357 e. The zero-order valence-electron chi connectivity index (χ0n) is 16.6. The van der Waals surface area contributed by atoms with Gasteiger partial charge in [0, 0.05) is 62.9 Å². The molecule has 0 bridgehead atoms. The number of rotatable bonds is 5. The number of aromatic nitrogens is 1. The number of guanidine groups is 1. The summed E-state index contributed by atoms with van der Waals surface area (Å²) in [6.07, 6.45) is 0.927. The Kier molecular flexibility index (Phi) is 9.16. The van der Waals surface area contributed by atoms with E-state index in [4.69, 9.17) is 4.99 Å². The fourth-order valence-corrected chi connectivity index (χ4v) is 4.70. The average Bonchev–Trinajstić information content (AvgIpc) is 3.30. The van der Waals surface area contributed by atoms with E-state index in [-0.39, 0.29) is 29.9 Å². The molecule has 1 aliphatic rings. The molecular formula is C19H28IN5OS2. The normalized spacial score (nSPS) is 14.8. The van der Waals surface area contributed by atoms with Gasteiger partial charge < -0.3 is 15.1 Å². The van der Waals surface area contributed by atoms with E-state index in [0.717, 1.165) is 62.4 Å². The summed E-state index contributed by atoms with van der Waals surface area (Å²) in [6.45, 7) is 10.6. The molecule has 0 spiro atoms. The Hall–Kier alpha value is -1.20. The second kappa shape index (κ2) is 11.1. The van der Waals surface area contributed by atoms with Crippen LogP contribution in [0.4, 0.5) is 0 Å². The van der Waals surface area contributed by atoms with Crippen molar-refractivity contribution >= 4 is 58.5 Å². The van der Waals surface area contributed by atoms with Gasteiger partial charge in [-0.05, 0) is 26.0 Å². The summed E-state index contributed by atoms with van der Waals surface area (Å²) >= 11 is 3.49. The zero-order valence-corrected chi connectivity index (χ0v) is 20.6. The fraction of sp³-hybridized carbons (Fsp3) is 0.526. The number of nitrogens with zero attached hydrogens (tertiary/aromatic N) is 4. The van der Waals surface area contributed by atoms with Gasteiger partial charge in [0.2, 0.25) is 5.91 Å². The van der Waals surface area contributed by atoms with Crippen LogP contribution >= 0.6 is 46.7 Å². The zero-order chi connectivity index (χ0) is 19.2. The van der Waals surface area contributed by atoms with Gasteiger partial charge in [0.15, 0.2) is 5.96 Å². The van der Waals surface area contributed by atoms with Crippen molar-refractivity contribution in [1.82, 2.24) is 20.1 Å². The topological polar surface area (TPSA) is 60.8 Å². The fourth-order valence-electron chi connectivity index (χ4n) is 3.06. The molecule has 1 amide bonds. The van der Waals surface area contributed by atoms with Crippen LogP contribution in [0.25, 0.3) is 10.6 Å². The van der Waals surface area contributed by atoms with Crippen LogP contribution in [-0.2, 0) is 11.2 Å². The molecule has 0 unspecified atom stereocenters. The number of carbonyl (C=O) groups excluding carboxylic acids is 1. The minimum atomic E-state index is 0. The van der Waals surface area contributed by atoms with Gasteiger partial charge in [-0.1, -0.05) is 0 Å². The minimum absolute atomic E-state index is 0. The highest BCUT2D eigenvalue weighted by Gasteiger charge is 2.20. The maximum absolute atomic E-state index is 11.5. The predicted molar refractivity (Wildman–Crippen MR) is 129 cm³/mol. The van der Waals surface area contributed by atoms with E-state index in [1.165, 1.54) is 9.75 Å². The van der Waals surface area contributed by atoms with Gasteiger partial charge in [-0.25, -0.2) is 4.98 Å². The summed E-state index contributed by atoms with van der Waals surface area (Å²) in [5.74, 6) is 1.10. The molecule has 0 aromatic carbocycles. The molecule has 154 valence electrons. The molecule has 28 heavy (non-hydrogen) atoms. The number of thiophene rings is 1. The first-order valence-electron chi connectivity index (χ1n) is 9.36. The van der Waals surface area contributed by atoms with E-state index in [2.05, 4.69) is 39.6 Å². The van der Waals surface area contributed by atoms with Gasteiger partial charge in [-0.3, -0.25) is 9.79 Å². The molecule has 3 rings (SSSR count). The van der Waals surface area contributed by atoms with Crippen LogP contribution in [0.3, 0.4) is 0 Å². The number of piperazine rings is 1. The monoisotopic (exact) mass is 533 g/mol. The van der Waals surface area contributed by atoms with Gasteiger partial charge in [0.25, 0.3) is 0 Å². The quantitative estimate of drug-likeness (QED) is 0.364. The SMILES string of the molecule is CCNC(=NCCc1ccc(-c2csc(C)n2)s1)N1CCN(C(C)=O)CC1.I. The maximum Gasteiger partial charge on any atom is 0.219 e. The third-order valence-corrected chi connectivity index (χ3v) is 6.45. The number of aliphatic imine (C=N–C) groups is 1. The molecule has 0 atom stereocenters. The van der Waals surface area contributed by atoms with Crippen LogP contribution in [0.15, 0.2) is 22.5 Å². The van der Waals surface area contributed by atoms with Crippen LogP contribution in [-0.4, -0.2) is 65.9 Å². The lowest BCUT2D eigenvalue weighted by Gasteiger charge is -2.36. The summed E-state index contributed by atoms with van der Waals surface area (Å²) < 4.78 is 0. The Morgan fingerprint density at radius 2 is 1.96 bits per heavy atom. The number of amides is 1. The molecule has 0 aliphatic carbocycles. The Balaban J connectivity index is 0.00000280. The van der Waals surface area contributed by atoms with Crippen molar-refractivity contribution in [2.24, 2.45) is 4.99 Å². The van der Waals surface area contributed by atoms with Crippen LogP contribution in [0.5, 0.6) is 0 Å². The van der Waals surface area contributed by atoms with Gasteiger partial charge in [-0.2, -0.15) is 0 Å². The largest absolute Gasteiger partial charge is 0.357 e. The van der Waals surface area contributed by atoms with Crippen molar-refractivity contribution in [1.29, 1.82) is 0 Å². The third kappa shape index (κ3) is 6.15. The molecule has 1 fully saturated rings. The molecule has 6 nitrogen and oxygen atoms in total. The highest BCUT2D eigenvalue weighted by Crippen LogP contribution is 2.29. The van der Waals surface area contributed by atoms with E-state index in [1.54, 1.807) is 29.6 Å². The van der Waals surface area contributed by atoms with Crippen LogP contribution in [0.2, 0.25) is 0 Å². The van der Waals surface area contributed by atoms with Crippen molar-refractivity contribution in [3.8, 4) is 10.6 Å². The molecule has 9 heteroatoms. The molecule has 1 aliphatic heterocycles. The van der Waals surface area contributed by atoms with E-state index < -0.39 is 0 Å². The van der Waals surface area contributed by atoms with E-state index in [1.807, 2.05) is 11.8 Å². The predicted octanol–water partition coefficient (Wildman–Crippen LogP) is 3.47. The van der Waals surface area contributed by atoms with Crippen LogP contribution in [0.1, 0.15) is 23.7 Å². The molecule has 2 aromatic heterocycles. The Bertz CT molecular complexity index is 796. The van der Waals surface area contributed by atoms with Crippen molar-refractivity contribution in [3.05, 3.63) is 27.4 Å². The van der Waals surface area contributed by atoms with Crippen molar-refractivity contribution < 1.29 is 4.79 Å². The standard InChI is InChI=1S/C19H27N5OS2.HI/c1-4-20-19(24-11-9-23(10-12-24)15(3)25)21-8-7-16-5-6-18(27-16)17-13-26-14(2)22-17;/h5-6,13H,4,7-12H2,1-3H3,(H,20,21);1H. The second-order valence-corrected chi connectivity index (χ2v) is 8.73. The summed E-state index contributed by atoms with van der Waals surface area (Å²) in [5, 5.41) is 6.60. The highest BCUT2D eigenvalue weighted by molar-refractivity contribution is 14.0. The van der Waals surface area contributed by atoms with E-state index in [0.29, 0.717) is 0 Å². The second-order valence-electron chi connectivity index (χ2n) is 6.50. The third-order valence-electron chi connectivity index (χ3n) is 4.51. The van der Waals surface area contributed by atoms with Crippen LogP contribution < -0.4 is 5.32 Å². The van der Waals surface area contributed by atoms with Crippen molar-refractivity contribution in [2.75, 3.05) is 39.3 Å². The lowest BCUT2D eigenvalue weighted by Crippen LogP contribution is -2.53. The first kappa shape index (κ1) is 23.1. The maximum atomic E-state index is 11.5. The molecule has 1 saturated heterocycles. The smallest absolute Gasteiger partial charge is 0.219 e. The molecule has 3 heterocycles. The molecule has 0 radical (unpaired) electrons. The van der Waals surface area contributed by atoms with Gasteiger partial charge >= 0.3 is 0 Å². The summed E-state index contributed by atoms with van der Waals surface area (Å²) in [4.78, 5) is 27.6. The number of thiazole rings is 1. The first-order valence-corrected chi connectivity index (χ1v) is 11.1. The Labute approximate surface area is 192 Å². The number of nitrogens with one attached hydrogen (secondary N) is 1. The van der Waals surface area contributed by atoms with Crippen LogP contribution in [0, 0.1) is 6.92 Å². The van der Waals surface area contributed by atoms with E-state index >= 15 is 0 Å². The Morgan fingerprint density at radius 1 is 1.25 bits per heavy atom. The van der Waals surface area contributed by atoms with E-state index in [9.17, 15) is 4.79 Å². The average molecular weight is 534 g/mol. The first-order chi connectivity index (χ1) is 13.1. The lowest BCUT2D eigenvalue weighted by atomic mass is 10.3. The molecule has 2 aromatic rings. The number of carbonyl (C=O) groups is 1. The van der Waals surface area contributed by atoms with Gasteiger partial charge in [0.1, 0.15) is 0 Å². The Morgan fingerprint density at radius 3 is 2.57 bits per heavy atom. The number of hydrogen-bond donors (Lipinski definition) is 1. The number of halogens is 1. The molecular weight excluding hydrogens is 505 g/mol. The summed E-state index contributed by atoms with van der Waals surface area (Å²) in [7, 11) is 0. The summed E-state index contributed by atoms with van der Waals surface area (Å²) in [6, 6.07) is 4.34. The molecule has 1 N–H and O–H groups in total. The van der Waals surface area contributed by atoms with Gasteiger partial charge in [0.05, 0.1) is 15.6 Å². The van der Waals surface area contributed by atoms with Crippen molar-refractivity contribution in [2.45, 2.75) is 27.2 Å². The molecule has 0 saturated carbocycles. The van der Waals surface area contributed by atoms with Crippen molar-refractivity contribution in [3.63, 3.8) is 0 Å². The summed E-state index contributed by atoms with van der Waals surface area (Å²) in [5.41, 5.74) is 1.08. The number of aryl methyl sites for hydroxylation is 1.